The molecule has 1 saturated heterocycles. The first-order valence-corrected chi connectivity index (χ1v) is 10.7. The number of halogens is 3. The van der Waals surface area contributed by atoms with Crippen LogP contribution in [-0.4, -0.2) is 43.8 Å². The molecule has 1 aliphatic rings. The van der Waals surface area contributed by atoms with Crippen LogP contribution in [0.4, 0.5) is 13.2 Å². The highest BCUT2D eigenvalue weighted by molar-refractivity contribution is 5.82. The zero-order chi connectivity index (χ0) is 23.2. The molecular weight excluding hydrogens is 423 g/mol. The lowest BCUT2D eigenvalue weighted by Gasteiger charge is -2.32. The standard InChI is InChI=1S/C22H26F3N5O2/c1-12-10-17(22(23,24)25)19-20(28-32-21(19)26-12)16-6-5-8-29(11-16)18(31)7-9-30-15(4)13(2)14(3)27-30/h10,16H,5-9,11H2,1-4H3. The predicted molar refractivity (Wildman–Crippen MR) is 111 cm³/mol. The molecule has 3 aromatic heterocycles. The second-order valence-corrected chi connectivity index (χ2v) is 8.50. The van der Waals surface area contributed by atoms with Gasteiger partial charge in [-0.2, -0.15) is 18.3 Å². The Hall–Kier alpha value is -2.91. The summed E-state index contributed by atoms with van der Waals surface area (Å²) < 4.78 is 48.0. The van der Waals surface area contributed by atoms with Crippen molar-refractivity contribution in [2.75, 3.05) is 13.1 Å². The Morgan fingerprint density at radius 1 is 1.25 bits per heavy atom. The highest BCUT2D eigenvalue weighted by Gasteiger charge is 2.38. The number of aryl methyl sites for hydroxylation is 3. The van der Waals surface area contributed by atoms with Crippen molar-refractivity contribution in [1.29, 1.82) is 0 Å². The van der Waals surface area contributed by atoms with E-state index in [-0.39, 0.29) is 40.7 Å². The summed E-state index contributed by atoms with van der Waals surface area (Å²) in [5, 5.41) is 8.33. The smallest absolute Gasteiger partial charge is 0.342 e. The average Bonchev–Trinajstić information content (AvgIpc) is 3.27. The summed E-state index contributed by atoms with van der Waals surface area (Å²) in [4.78, 5) is 18.7. The number of aromatic nitrogens is 4. The van der Waals surface area contributed by atoms with Crippen LogP contribution in [0.25, 0.3) is 11.1 Å². The molecule has 1 atom stereocenters. The van der Waals surface area contributed by atoms with Crippen molar-refractivity contribution in [3.63, 3.8) is 0 Å². The van der Waals surface area contributed by atoms with Crippen LogP contribution in [0.2, 0.25) is 0 Å². The molecule has 0 saturated carbocycles. The first-order chi connectivity index (χ1) is 15.1. The van der Waals surface area contributed by atoms with Gasteiger partial charge < -0.3 is 9.42 Å². The Balaban J connectivity index is 1.53. The molecule has 1 fully saturated rings. The molecule has 0 aliphatic carbocycles. The number of fused-ring (bicyclic) bond motifs is 1. The van der Waals surface area contributed by atoms with E-state index in [9.17, 15) is 18.0 Å². The number of alkyl halides is 3. The van der Waals surface area contributed by atoms with Gasteiger partial charge in [-0.05, 0) is 52.2 Å². The van der Waals surface area contributed by atoms with E-state index in [0.717, 1.165) is 23.0 Å². The zero-order valence-corrected chi connectivity index (χ0v) is 18.6. The van der Waals surface area contributed by atoms with E-state index in [2.05, 4.69) is 15.2 Å². The van der Waals surface area contributed by atoms with E-state index >= 15 is 0 Å². The molecule has 0 spiro atoms. The number of hydrogen-bond donors (Lipinski definition) is 0. The van der Waals surface area contributed by atoms with Gasteiger partial charge >= 0.3 is 6.18 Å². The number of hydrogen-bond acceptors (Lipinski definition) is 5. The van der Waals surface area contributed by atoms with Crippen LogP contribution in [0.5, 0.6) is 0 Å². The fourth-order valence-corrected chi connectivity index (χ4v) is 4.39. The first kappa shape index (κ1) is 22.3. The summed E-state index contributed by atoms with van der Waals surface area (Å²) in [6, 6.07) is 1.02. The number of carbonyl (C=O) groups is 1. The largest absolute Gasteiger partial charge is 0.417 e. The second kappa shape index (κ2) is 8.22. The van der Waals surface area contributed by atoms with Gasteiger partial charge in [-0.3, -0.25) is 9.48 Å². The number of carbonyl (C=O) groups excluding carboxylic acids is 1. The van der Waals surface area contributed by atoms with Crippen molar-refractivity contribution in [2.24, 2.45) is 0 Å². The van der Waals surface area contributed by atoms with Crippen LogP contribution < -0.4 is 0 Å². The van der Waals surface area contributed by atoms with Gasteiger partial charge in [0.1, 0.15) is 0 Å². The quantitative estimate of drug-likeness (QED) is 0.588. The third-order valence-electron chi connectivity index (χ3n) is 6.35. The monoisotopic (exact) mass is 449 g/mol. The summed E-state index contributed by atoms with van der Waals surface area (Å²) in [5.74, 6) is -0.381. The van der Waals surface area contributed by atoms with Gasteiger partial charge in [-0.1, -0.05) is 5.16 Å². The normalized spacial score (nSPS) is 17.3. The van der Waals surface area contributed by atoms with Gasteiger partial charge in [0, 0.05) is 43.4 Å². The topological polar surface area (TPSA) is 77.0 Å². The first-order valence-electron chi connectivity index (χ1n) is 10.7. The number of likely N-dealkylation sites (tertiary alicyclic amines) is 1. The van der Waals surface area contributed by atoms with Gasteiger partial charge in [0.2, 0.25) is 5.91 Å². The Kier molecular flexibility index (Phi) is 5.72. The van der Waals surface area contributed by atoms with E-state index < -0.39 is 11.7 Å². The van der Waals surface area contributed by atoms with Crippen LogP contribution in [-0.2, 0) is 17.5 Å². The second-order valence-electron chi connectivity index (χ2n) is 8.50. The van der Waals surface area contributed by atoms with Crippen molar-refractivity contribution in [3.8, 4) is 0 Å². The molecule has 1 unspecified atom stereocenters. The molecule has 0 N–H and O–H groups in total. The minimum Gasteiger partial charge on any atom is -0.342 e. The number of rotatable bonds is 4. The van der Waals surface area contributed by atoms with E-state index in [1.54, 1.807) is 4.90 Å². The molecule has 1 aliphatic heterocycles. The Labute approximate surface area is 183 Å². The predicted octanol–water partition coefficient (Wildman–Crippen LogP) is 4.47. The number of amides is 1. The van der Waals surface area contributed by atoms with Crippen LogP contribution in [0, 0.1) is 27.7 Å². The molecule has 0 bridgehead atoms. The summed E-state index contributed by atoms with van der Waals surface area (Å²) >= 11 is 0. The zero-order valence-electron chi connectivity index (χ0n) is 18.6. The third-order valence-corrected chi connectivity index (χ3v) is 6.35. The van der Waals surface area contributed by atoms with Crippen molar-refractivity contribution in [1.82, 2.24) is 24.8 Å². The molecule has 10 heteroatoms. The number of pyridine rings is 1. The van der Waals surface area contributed by atoms with Crippen LogP contribution in [0.15, 0.2) is 10.6 Å². The maximum absolute atomic E-state index is 13.7. The minimum absolute atomic E-state index is 0.0438. The molecule has 0 aromatic carbocycles. The van der Waals surface area contributed by atoms with Gasteiger partial charge in [-0.15, -0.1) is 0 Å². The molecule has 3 aromatic rings. The van der Waals surface area contributed by atoms with Crippen molar-refractivity contribution in [3.05, 3.63) is 40.0 Å². The van der Waals surface area contributed by atoms with Crippen LogP contribution in [0.3, 0.4) is 0 Å². The molecular formula is C22H26F3N5O2. The fourth-order valence-electron chi connectivity index (χ4n) is 4.39. The summed E-state index contributed by atoms with van der Waals surface area (Å²) in [6.07, 6.45) is -2.95. The minimum atomic E-state index is -4.55. The summed E-state index contributed by atoms with van der Waals surface area (Å²) in [5.41, 5.74) is 2.62. The van der Waals surface area contributed by atoms with Crippen molar-refractivity contribution >= 4 is 17.0 Å². The molecule has 32 heavy (non-hydrogen) atoms. The SMILES string of the molecule is Cc1cc(C(F)(F)F)c2c(C3CCCN(C(=O)CCn4nc(C)c(C)c4C)C3)noc2n1. The van der Waals surface area contributed by atoms with Gasteiger partial charge in [0.05, 0.1) is 22.3 Å². The molecule has 172 valence electrons. The average molecular weight is 449 g/mol. The van der Waals surface area contributed by atoms with E-state index in [1.807, 2.05) is 25.5 Å². The molecule has 0 radical (unpaired) electrons. The summed E-state index contributed by atoms with van der Waals surface area (Å²) in [7, 11) is 0. The Morgan fingerprint density at radius 2 is 2.00 bits per heavy atom. The Morgan fingerprint density at radius 3 is 2.66 bits per heavy atom. The highest BCUT2D eigenvalue weighted by atomic mass is 19.4. The summed E-state index contributed by atoms with van der Waals surface area (Å²) in [6.45, 7) is 8.74. The maximum atomic E-state index is 13.7. The Bertz CT molecular complexity index is 1160. The number of nitrogens with zero attached hydrogens (tertiary/aromatic N) is 5. The lowest BCUT2D eigenvalue weighted by Crippen LogP contribution is -2.39. The molecule has 4 rings (SSSR count). The number of piperidine rings is 1. The molecule has 1 amide bonds. The van der Waals surface area contributed by atoms with E-state index in [0.29, 0.717) is 32.5 Å². The van der Waals surface area contributed by atoms with E-state index in [1.165, 1.54) is 6.92 Å². The molecule has 4 heterocycles. The molecule has 7 nitrogen and oxygen atoms in total. The van der Waals surface area contributed by atoms with Gasteiger partial charge in [-0.25, -0.2) is 4.98 Å². The lowest BCUT2D eigenvalue weighted by atomic mass is 9.91. The van der Waals surface area contributed by atoms with Gasteiger partial charge in [0.15, 0.2) is 0 Å². The van der Waals surface area contributed by atoms with Crippen LogP contribution in [0.1, 0.15) is 59.1 Å². The van der Waals surface area contributed by atoms with Crippen molar-refractivity contribution in [2.45, 2.75) is 65.6 Å². The van der Waals surface area contributed by atoms with E-state index in [4.69, 9.17) is 4.52 Å². The lowest BCUT2D eigenvalue weighted by molar-refractivity contribution is -0.136. The highest BCUT2D eigenvalue weighted by Crippen LogP contribution is 2.40. The fraction of sp³-hybridized carbons (Fsp3) is 0.545. The van der Waals surface area contributed by atoms with Gasteiger partial charge in [0.25, 0.3) is 5.71 Å². The maximum Gasteiger partial charge on any atom is 0.417 e. The van der Waals surface area contributed by atoms with Crippen LogP contribution >= 0.6 is 0 Å². The van der Waals surface area contributed by atoms with Crippen molar-refractivity contribution < 1.29 is 22.5 Å². The third kappa shape index (κ3) is 4.10.